The number of hydrogen-bond donors (Lipinski definition) is 1. The van der Waals surface area contributed by atoms with Gasteiger partial charge in [0.05, 0.1) is 5.52 Å². The Morgan fingerprint density at radius 1 is 1.39 bits per heavy atom. The van der Waals surface area contributed by atoms with E-state index in [1.165, 1.54) is 28.9 Å². The van der Waals surface area contributed by atoms with E-state index in [1.54, 1.807) is 0 Å². The van der Waals surface area contributed by atoms with Crippen LogP contribution < -0.4 is 5.32 Å². The first-order chi connectivity index (χ1) is 8.84. The van der Waals surface area contributed by atoms with Crippen LogP contribution >= 0.6 is 27.7 Å². The standard InChI is InChI=1S/C14H15BrN2S/c15-13-4-3-10(8-17-11-5-7-18-9-11)14-12(13)2-1-6-16-14/h1-4,6,11,17H,5,7-9H2. The molecule has 1 aromatic heterocycles. The molecular weight excluding hydrogens is 308 g/mol. The average Bonchev–Trinajstić information content (AvgIpc) is 2.92. The molecule has 0 spiro atoms. The molecule has 1 N–H and O–H groups in total. The molecule has 0 saturated carbocycles. The minimum atomic E-state index is 0.664. The number of thioether (sulfide) groups is 1. The van der Waals surface area contributed by atoms with Crippen LogP contribution in [0.2, 0.25) is 0 Å². The Kier molecular flexibility index (Phi) is 3.87. The summed E-state index contributed by atoms with van der Waals surface area (Å²) in [6.07, 6.45) is 3.15. The summed E-state index contributed by atoms with van der Waals surface area (Å²) in [7, 11) is 0. The van der Waals surface area contributed by atoms with Crippen molar-refractivity contribution >= 4 is 38.6 Å². The van der Waals surface area contributed by atoms with Gasteiger partial charge in [-0.1, -0.05) is 28.1 Å². The number of nitrogens with one attached hydrogen (secondary N) is 1. The molecule has 0 amide bonds. The fraction of sp³-hybridized carbons (Fsp3) is 0.357. The number of fused-ring (bicyclic) bond motifs is 1. The van der Waals surface area contributed by atoms with Crippen LogP contribution in [-0.4, -0.2) is 22.5 Å². The highest BCUT2D eigenvalue weighted by atomic mass is 79.9. The largest absolute Gasteiger partial charge is 0.309 e. The summed E-state index contributed by atoms with van der Waals surface area (Å²) in [6, 6.07) is 9.04. The zero-order chi connectivity index (χ0) is 12.4. The highest BCUT2D eigenvalue weighted by Crippen LogP contribution is 2.25. The van der Waals surface area contributed by atoms with Crippen molar-refractivity contribution in [1.29, 1.82) is 0 Å². The van der Waals surface area contributed by atoms with E-state index in [4.69, 9.17) is 0 Å². The van der Waals surface area contributed by atoms with Crippen LogP contribution in [0.1, 0.15) is 12.0 Å². The van der Waals surface area contributed by atoms with E-state index in [0.29, 0.717) is 6.04 Å². The molecule has 3 rings (SSSR count). The molecule has 94 valence electrons. The monoisotopic (exact) mass is 322 g/mol. The first-order valence-electron chi connectivity index (χ1n) is 6.18. The summed E-state index contributed by atoms with van der Waals surface area (Å²) in [6.45, 7) is 0.909. The molecule has 1 unspecified atom stereocenters. The van der Waals surface area contributed by atoms with E-state index in [-0.39, 0.29) is 0 Å². The molecule has 1 aromatic carbocycles. The van der Waals surface area contributed by atoms with Gasteiger partial charge in [-0.3, -0.25) is 4.98 Å². The van der Waals surface area contributed by atoms with Crippen LogP contribution in [0, 0.1) is 0 Å². The molecule has 0 aliphatic carbocycles. The SMILES string of the molecule is Brc1ccc(CNC2CCSC2)c2ncccc12. The topological polar surface area (TPSA) is 24.9 Å². The molecule has 2 aromatic rings. The van der Waals surface area contributed by atoms with Crippen LogP contribution in [0.3, 0.4) is 0 Å². The molecule has 18 heavy (non-hydrogen) atoms. The number of nitrogens with zero attached hydrogens (tertiary/aromatic N) is 1. The zero-order valence-corrected chi connectivity index (χ0v) is 12.4. The van der Waals surface area contributed by atoms with E-state index in [0.717, 1.165) is 16.5 Å². The molecule has 2 nitrogen and oxygen atoms in total. The maximum atomic E-state index is 4.51. The van der Waals surface area contributed by atoms with Gasteiger partial charge in [0.15, 0.2) is 0 Å². The third-order valence-corrected chi connectivity index (χ3v) is 5.16. The minimum Gasteiger partial charge on any atom is -0.309 e. The van der Waals surface area contributed by atoms with Crippen molar-refractivity contribution in [2.24, 2.45) is 0 Å². The number of pyridine rings is 1. The van der Waals surface area contributed by atoms with Gasteiger partial charge in [-0.2, -0.15) is 11.8 Å². The molecule has 4 heteroatoms. The molecule has 0 radical (unpaired) electrons. The number of benzene rings is 1. The van der Waals surface area contributed by atoms with Gasteiger partial charge in [-0.05, 0) is 29.9 Å². The van der Waals surface area contributed by atoms with Gasteiger partial charge in [0, 0.05) is 34.4 Å². The quantitative estimate of drug-likeness (QED) is 0.934. The van der Waals surface area contributed by atoms with Crippen molar-refractivity contribution in [2.45, 2.75) is 19.0 Å². The molecule has 1 atom stereocenters. The fourth-order valence-electron chi connectivity index (χ4n) is 2.29. The van der Waals surface area contributed by atoms with Gasteiger partial charge in [0.25, 0.3) is 0 Å². The van der Waals surface area contributed by atoms with Crippen molar-refractivity contribution in [3.8, 4) is 0 Å². The Morgan fingerprint density at radius 2 is 2.33 bits per heavy atom. The van der Waals surface area contributed by atoms with Crippen molar-refractivity contribution in [2.75, 3.05) is 11.5 Å². The van der Waals surface area contributed by atoms with E-state index < -0.39 is 0 Å². The van der Waals surface area contributed by atoms with Crippen LogP contribution in [-0.2, 0) is 6.54 Å². The third kappa shape index (κ3) is 2.56. The highest BCUT2D eigenvalue weighted by Gasteiger charge is 2.15. The summed E-state index contributed by atoms with van der Waals surface area (Å²) >= 11 is 5.62. The molecule has 2 heterocycles. The van der Waals surface area contributed by atoms with Gasteiger partial charge in [-0.15, -0.1) is 0 Å². The Hall–Kier alpha value is -0.580. The first kappa shape index (κ1) is 12.5. The number of rotatable bonds is 3. The van der Waals surface area contributed by atoms with Crippen molar-refractivity contribution < 1.29 is 0 Å². The molecule has 1 aliphatic rings. The summed E-state index contributed by atoms with van der Waals surface area (Å²) in [4.78, 5) is 4.51. The van der Waals surface area contributed by atoms with Crippen LogP contribution in [0.15, 0.2) is 34.9 Å². The Morgan fingerprint density at radius 3 is 3.17 bits per heavy atom. The van der Waals surface area contributed by atoms with Gasteiger partial charge in [0.1, 0.15) is 0 Å². The summed E-state index contributed by atoms with van der Waals surface area (Å²) < 4.78 is 1.12. The van der Waals surface area contributed by atoms with E-state index >= 15 is 0 Å². The highest BCUT2D eigenvalue weighted by molar-refractivity contribution is 9.10. The smallest absolute Gasteiger partial charge is 0.0758 e. The second kappa shape index (κ2) is 5.59. The first-order valence-corrected chi connectivity index (χ1v) is 8.12. The maximum absolute atomic E-state index is 4.51. The van der Waals surface area contributed by atoms with Gasteiger partial charge in [-0.25, -0.2) is 0 Å². The van der Waals surface area contributed by atoms with Crippen molar-refractivity contribution in [3.05, 3.63) is 40.5 Å². The Bertz CT molecular complexity index is 552. The molecule has 1 fully saturated rings. The normalized spacial score (nSPS) is 19.5. The zero-order valence-electron chi connectivity index (χ0n) is 10.0. The summed E-state index contributed by atoms with van der Waals surface area (Å²) in [5.41, 5.74) is 2.38. The lowest BCUT2D eigenvalue weighted by Crippen LogP contribution is -2.28. The van der Waals surface area contributed by atoms with E-state index in [2.05, 4.69) is 44.4 Å². The van der Waals surface area contributed by atoms with Crippen LogP contribution in [0.5, 0.6) is 0 Å². The van der Waals surface area contributed by atoms with E-state index in [1.807, 2.05) is 24.0 Å². The number of hydrogen-bond acceptors (Lipinski definition) is 3. The van der Waals surface area contributed by atoms with Gasteiger partial charge < -0.3 is 5.32 Å². The second-order valence-corrected chi connectivity index (χ2v) is 6.55. The lowest BCUT2D eigenvalue weighted by molar-refractivity contribution is 0.559. The van der Waals surface area contributed by atoms with Crippen molar-refractivity contribution in [3.63, 3.8) is 0 Å². The predicted octanol–water partition coefficient (Wildman–Crippen LogP) is 3.59. The third-order valence-electron chi connectivity index (χ3n) is 3.31. The van der Waals surface area contributed by atoms with Gasteiger partial charge >= 0.3 is 0 Å². The molecular formula is C14H15BrN2S. The second-order valence-electron chi connectivity index (χ2n) is 4.55. The van der Waals surface area contributed by atoms with Gasteiger partial charge in [0.2, 0.25) is 0 Å². The molecule has 1 aliphatic heterocycles. The summed E-state index contributed by atoms with van der Waals surface area (Å²) in [5, 5.41) is 4.83. The summed E-state index contributed by atoms with van der Waals surface area (Å²) in [5.74, 6) is 2.53. The number of aromatic nitrogens is 1. The lowest BCUT2D eigenvalue weighted by Gasteiger charge is -2.12. The van der Waals surface area contributed by atoms with Crippen LogP contribution in [0.25, 0.3) is 10.9 Å². The Labute approximate surface area is 120 Å². The predicted molar refractivity (Wildman–Crippen MR) is 82.0 cm³/mol. The molecule has 1 saturated heterocycles. The van der Waals surface area contributed by atoms with Crippen molar-refractivity contribution in [1.82, 2.24) is 10.3 Å². The fourth-order valence-corrected chi connectivity index (χ4v) is 3.93. The van der Waals surface area contributed by atoms with Crippen LogP contribution in [0.4, 0.5) is 0 Å². The maximum Gasteiger partial charge on any atom is 0.0758 e. The average molecular weight is 323 g/mol. The minimum absolute atomic E-state index is 0.664. The van der Waals surface area contributed by atoms with E-state index in [9.17, 15) is 0 Å². The Balaban J connectivity index is 1.85. The molecule has 0 bridgehead atoms. The lowest BCUT2D eigenvalue weighted by atomic mass is 10.1. The number of halogens is 1.